The van der Waals surface area contributed by atoms with Crippen LogP contribution >= 0.6 is 11.6 Å². The molecule has 5 atom stereocenters. The third-order valence-corrected chi connectivity index (χ3v) is 3.51. The van der Waals surface area contributed by atoms with Crippen molar-refractivity contribution >= 4 is 11.6 Å². The first-order valence-electron chi connectivity index (χ1n) is 6.16. The second kappa shape index (κ2) is 5.83. The van der Waals surface area contributed by atoms with Crippen LogP contribution in [0.5, 0.6) is 0 Å². The summed E-state index contributed by atoms with van der Waals surface area (Å²) in [5.41, 5.74) is 1.84. The Morgan fingerprint density at radius 1 is 1.64 bits per heavy atom. The second-order valence-corrected chi connectivity index (χ2v) is 5.12. The molecule has 0 bridgehead atoms. The molecule has 1 aliphatic rings. The maximum Gasteiger partial charge on any atom is 0.330 e. The summed E-state index contributed by atoms with van der Waals surface area (Å²) in [6, 6.07) is 0. The van der Waals surface area contributed by atoms with Crippen LogP contribution in [0.2, 0.25) is 0 Å². The van der Waals surface area contributed by atoms with E-state index >= 15 is 0 Å². The van der Waals surface area contributed by atoms with Gasteiger partial charge in [-0.25, -0.2) is 4.79 Å². The quantitative estimate of drug-likeness (QED) is 0.473. The van der Waals surface area contributed by atoms with E-state index in [9.17, 15) is 24.2 Å². The molecule has 120 valence electrons. The standard InChI is InChI=1S/C12H13ClFN3O5/c1-5(18)7-8(19)12(15,2-3-13)10(22-7)17-4-6(14)9(20)16-11(17)21/h4-5,7-8,10,18-19H,15H2,1H3,(H,16,20,21)/t5-,7-,8+,10-,12?/m1/s1. The fraction of sp³-hybridized carbons (Fsp3) is 0.500. The maximum absolute atomic E-state index is 13.4. The Kier molecular flexibility index (Phi) is 4.42. The molecule has 1 unspecified atom stereocenters. The van der Waals surface area contributed by atoms with Gasteiger partial charge in [0.2, 0.25) is 5.82 Å². The van der Waals surface area contributed by atoms with Crippen molar-refractivity contribution in [3.8, 4) is 11.3 Å². The average Bonchev–Trinajstić information content (AvgIpc) is 2.68. The molecule has 1 aromatic heterocycles. The Balaban J connectivity index is 2.61. The molecule has 0 aliphatic carbocycles. The number of H-pyrrole nitrogens is 1. The molecule has 0 spiro atoms. The predicted octanol–water partition coefficient (Wildman–Crippen LogP) is -1.79. The first-order chi connectivity index (χ1) is 10.2. The molecule has 5 N–H and O–H groups in total. The van der Waals surface area contributed by atoms with Gasteiger partial charge in [-0.15, -0.1) is 0 Å². The van der Waals surface area contributed by atoms with Gasteiger partial charge in [-0.3, -0.25) is 14.3 Å². The lowest BCUT2D eigenvalue weighted by Gasteiger charge is -2.27. The number of rotatable bonds is 2. The molecule has 1 saturated heterocycles. The average molecular weight is 334 g/mol. The zero-order valence-corrected chi connectivity index (χ0v) is 12.0. The van der Waals surface area contributed by atoms with Crippen LogP contribution in [-0.2, 0) is 4.74 Å². The van der Waals surface area contributed by atoms with Gasteiger partial charge in [0, 0.05) is 5.38 Å². The van der Waals surface area contributed by atoms with Gasteiger partial charge in [-0.1, -0.05) is 5.92 Å². The van der Waals surface area contributed by atoms with Crippen LogP contribution in [0.25, 0.3) is 0 Å². The molecule has 8 nitrogen and oxygen atoms in total. The van der Waals surface area contributed by atoms with Crippen molar-refractivity contribution in [2.75, 3.05) is 0 Å². The SMILES string of the molecule is C[C@@H](O)[C@H]1O[C@@H](n2cc(F)c(=O)[nH]c2=O)C(N)(C#CCl)[C@H]1O. The van der Waals surface area contributed by atoms with E-state index in [2.05, 4.69) is 5.92 Å². The monoisotopic (exact) mass is 333 g/mol. The lowest BCUT2D eigenvalue weighted by atomic mass is 9.90. The Morgan fingerprint density at radius 2 is 2.27 bits per heavy atom. The fourth-order valence-electron chi connectivity index (χ4n) is 2.28. The number of halogens is 2. The molecule has 2 rings (SSSR count). The molecule has 1 aliphatic heterocycles. The number of ether oxygens (including phenoxy) is 1. The van der Waals surface area contributed by atoms with E-state index in [0.29, 0.717) is 10.8 Å². The molecule has 1 fully saturated rings. The highest BCUT2D eigenvalue weighted by Crippen LogP contribution is 2.37. The van der Waals surface area contributed by atoms with E-state index in [4.69, 9.17) is 22.1 Å². The lowest BCUT2D eigenvalue weighted by Crippen LogP contribution is -2.55. The molecule has 0 radical (unpaired) electrons. The highest BCUT2D eigenvalue weighted by atomic mass is 35.5. The van der Waals surface area contributed by atoms with Gasteiger partial charge in [0.1, 0.15) is 12.2 Å². The van der Waals surface area contributed by atoms with Gasteiger partial charge < -0.3 is 20.7 Å². The molecule has 2 heterocycles. The van der Waals surface area contributed by atoms with Gasteiger partial charge in [-0.2, -0.15) is 4.39 Å². The topological polar surface area (TPSA) is 131 Å². The lowest BCUT2D eigenvalue weighted by molar-refractivity contribution is -0.0781. The molecule has 0 saturated carbocycles. The van der Waals surface area contributed by atoms with E-state index in [1.165, 1.54) is 6.92 Å². The molecular formula is C12H13ClFN3O5. The van der Waals surface area contributed by atoms with Gasteiger partial charge in [0.25, 0.3) is 5.56 Å². The van der Waals surface area contributed by atoms with E-state index in [0.717, 1.165) is 0 Å². The second-order valence-electron chi connectivity index (χ2n) is 4.93. The Labute approximate surface area is 128 Å². The Bertz CT molecular complexity index is 752. The summed E-state index contributed by atoms with van der Waals surface area (Å²) >= 11 is 5.32. The summed E-state index contributed by atoms with van der Waals surface area (Å²) in [5, 5.41) is 21.8. The number of aliphatic hydroxyl groups excluding tert-OH is 2. The minimum atomic E-state index is -1.89. The zero-order chi connectivity index (χ0) is 16.7. The third-order valence-electron chi connectivity index (χ3n) is 3.41. The minimum Gasteiger partial charge on any atom is -0.391 e. The van der Waals surface area contributed by atoms with Gasteiger partial charge >= 0.3 is 5.69 Å². The van der Waals surface area contributed by atoms with Crippen LogP contribution < -0.4 is 17.0 Å². The van der Waals surface area contributed by atoms with Crippen LogP contribution in [0.4, 0.5) is 4.39 Å². The minimum absolute atomic E-state index is 0.584. The summed E-state index contributed by atoms with van der Waals surface area (Å²) in [6.45, 7) is 1.33. The molecule has 0 amide bonds. The predicted molar refractivity (Wildman–Crippen MR) is 73.4 cm³/mol. The molecule has 22 heavy (non-hydrogen) atoms. The van der Waals surface area contributed by atoms with Gasteiger partial charge in [-0.05, 0) is 18.5 Å². The third kappa shape index (κ3) is 2.55. The number of hydrogen-bond donors (Lipinski definition) is 4. The number of aromatic nitrogens is 2. The number of nitrogens with zero attached hydrogens (tertiary/aromatic N) is 1. The van der Waals surface area contributed by atoms with Crippen LogP contribution in [0.3, 0.4) is 0 Å². The first-order valence-corrected chi connectivity index (χ1v) is 6.54. The van der Waals surface area contributed by atoms with E-state index < -0.39 is 47.1 Å². The van der Waals surface area contributed by atoms with E-state index in [-0.39, 0.29) is 0 Å². The first kappa shape index (κ1) is 16.7. The highest BCUT2D eigenvalue weighted by Gasteiger charge is 2.56. The normalized spacial score (nSPS) is 32.4. The zero-order valence-electron chi connectivity index (χ0n) is 11.3. The van der Waals surface area contributed by atoms with Crippen molar-refractivity contribution in [3.05, 3.63) is 32.9 Å². The van der Waals surface area contributed by atoms with Crippen molar-refractivity contribution in [2.24, 2.45) is 5.73 Å². The van der Waals surface area contributed by atoms with E-state index in [1.807, 2.05) is 5.38 Å². The van der Waals surface area contributed by atoms with E-state index in [1.54, 1.807) is 4.98 Å². The number of hydrogen-bond acceptors (Lipinski definition) is 6. The maximum atomic E-state index is 13.4. The molecule has 1 aromatic rings. The summed E-state index contributed by atoms with van der Waals surface area (Å²) in [6.07, 6.45) is -4.73. The highest BCUT2D eigenvalue weighted by molar-refractivity contribution is 6.30. The number of nitrogens with one attached hydrogen (secondary N) is 1. The smallest absolute Gasteiger partial charge is 0.330 e. The van der Waals surface area contributed by atoms with Crippen molar-refractivity contribution in [3.63, 3.8) is 0 Å². The molecule has 10 heteroatoms. The molecule has 0 aromatic carbocycles. The number of aliphatic hydroxyl groups is 2. The van der Waals surface area contributed by atoms with Crippen molar-refractivity contribution < 1.29 is 19.3 Å². The van der Waals surface area contributed by atoms with Crippen LogP contribution in [0.15, 0.2) is 15.8 Å². The van der Waals surface area contributed by atoms with Gasteiger partial charge in [0.05, 0.1) is 12.3 Å². The number of aromatic amines is 1. The van der Waals surface area contributed by atoms with Crippen molar-refractivity contribution in [1.29, 1.82) is 0 Å². The Morgan fingerprint density at radius 3 is 2.82 bits per heavy atom. The van der Waals surface area contributed by atoms with Crippen LogP contribution in [0, 0.1) is 17.1 Å². The van der Waals surface area contributed by atoms with Gasteiger partial charge in [0.15, 0.2) is 11.8 Å². The van der Waals surface area contributed by atoms with Crippen LogP contribution in [0.1, 0.15) is 13.2 Å². The summed E-state index contributed by atoms with van der Waals surface area (Å²) < 4.78 is 19.4. The summed E-state index contributed by atoms with van der Waals surface area (Å²) in [5.74, 6) is 1.05. The largest absolute Gasteiger partial charge is 0.391 e. The van der Waals surface area contributed by atoms with Crippen molar-refractivity contribution in [1.82, 2.24) is 9.55 Å². The van der Waals surface area contributed by atoms with Crippen molar-refractivity contribution in [2.45, 2.75) is 37.0 Å². The fourth-order valence-corrected chi connectivity index (χ4v) is 2.44. The molecular weight excluding hydrogens is 321 g/mol. The van der Waals surface area contributed by atoms with Crippen LogP contribution in [-0.4, -0.2) is 43.6 Å². The number of nitrogens with two attached hydrogens (primary N) is 1. The Hall–Kier alpha value is -1.70. The summed E-state index contributed by atoms with van der Waals surface area (Å²) in [7, 11) is 0. The summed E-state index contributed by atoms with van der Waals surface area (Å²) in [4.78, 5) is 24.6.